The fraction of sp³-hybridized carbons (Fsp3) is 0.429. The van der Waals surface area contributed by atoms with Crippen molar-refractivity contribution in [3.63, 3.8) is 0 Å². The van der Waals surface area contributed by atoms with Crippen LogP contribution in [0.25, 0.3) is 0 Å². The molecule has 2 rings (SSSR count). The Balaban J connectivity index is 2.11. The molecule has 2 atom stereocenters. The zero-order valence-electron chi connectivity index (χ0n) is 10.6. The molecule has 19 heavy (non-hydrogen) atoms. The van der Waals surface area contributed by atoms with E-state index in [1.165, 1.54) is 12.1 Å². The highest BCUT2D eigenvalue weighted by molar-refractivity contribution is 9.10. The van der Waals surface area contributed by atoms with Gasteiger partial charge in [-0.1, -0.05) is 13.3 Å². The maximum absolute atomic E-state index is 12.1. The second-order valence-electron chi connectivity index (χ2n) is 5.00. The van der Waals surface area contributed by atoms with E-state index < -0.39 is 5.97 Å². The van der Waals surface area contributed by atoms with Crippen LogP contribution >= 0.6 is 15.9 Å². The van der Waals surface area contributed by atoms with E-state index in [-0.39, 0.29) is 17.4 Å². The molecule has 4 nitrogen and oxygen atoms in total. The minimum atomic E-state index is -0.983. The summed E-state index contributed by atoms with van der Waals surface area (Å²) in [6.07, 6.45) is 3.12. The van der Waals surface area contributed by atoms with Crippen LogP contribution in [-0.4, -0.2) is 17.0 Å². The van der Waals surface area contributed by atoms with Crippen LogP contribution in [-0.2, 0) is 4.79 Å². The largest absolute Gasteiger partial charge is 0.478 e. The highest BCUT2D eigenvalue weighted by Crippen LogP contribution is 2.33. The van der Waals surface area contributed by atoms with Crippen molar-refractivity contribution in [2.75, 3.05) is 5.32 Å². The molecular weight excluding hydrogens is 310 g/mol. The summed E-state index contributed by atoms with van der Waals surface area (Å²) in [6, 6.07) is 4.60. The van der Waals surface area contributed by atoms with Gasteiger partial charge in [0.2, 0.25) is 5.91 Å². The summed E-state index contributed by atoms with van der Waals surface area (Å²) in [5.41, 5.74) is 0.813. The van der Waals surface area contributed by atoms with Crippen molar-refractivity contribution in [1.82, 2.24) is 0 Å². The summed E-state index contributed by atoms with van der Waals surface area (Å²) in [6.45, 7) is 2.10. The summed E-state index contributed by atoms with van der Waals surface area (Å²) < 4.78 is 0.589. The summed E-state index contributed by atoms with van der Waals surface area (Å²) in [7, 11) is 0. The summed E-state index contributed by atoms with van der Waals surface area (Å²) in [5, 5.41) is 11.8. The molecule has 102 valence electrons. The molecule has 5 heteroatoms. The topological polar surface area (TPSA) is 66.4 Å². The smallest absolute Gasteiger partial charge is 0.335 e. The van der Waals surface area contributed by atoms with Gasteiger partial charge in [0.15, 0.2) is 0 Å². The van der Waals surface area contributed by atoms with E-state index in [9.17, 15) is 9.59 Å². The molecule has 2 N–H and O–H groups in total. The van der Waals surface area contributed by atoms with Crippen LogP contribution in [0.4, 0.5) is 5.69 Å². The first-order valence-corrected chi connectivity index (χ1v) is 7.12. The van der Waals surface area contributed by atoms with Crippen LogP contribution in [0, 0.1) is 11.8 Å². The summed E-state index contributed by atoms with van der Waals surface area (Å²) >= 11 is 3.29. The standard InChI is InChI=1S/C14H16BrNO3/c1-8-3-2-4-10(8)13(17)16-12-6-5-9(14(18)19)7-11(12)15/h5-8,10H,2-4H2,1H3,(H,16,17)(H,18,19). The molecule has 0 heterocycles. The molecule has 0 bridgehead atoms. The van der Waals surface area contributed by atoms with Crippen molar-refractivity contribution in [1.29, 1.82) is 0 Å². The van der Waals surface area contributed by atoms with E-state index in [0.717, 1.165) is 19.3 Å². The number of carboxylic acids is 1. The molecule has 0 aliphatic heterocycles. The van der Waals surface area contributed by atoms with Crippen molar-refractivity contribution < 1.29 is 14.7 Å². The molecule has 1 aliphatic carbocycles. The second kappa shape index (κ2) is 5.74. The summed E-state index contributed by atoms with van der Waals surface area (Å²) in [5.74, 6) is -0.486. The molecule has 1 amide bonds. The van der Waals surface area contributed by atoms with Gasteiger partial charge in [0.05, 0.1) is 11.3 Å². The Hall–Kier alpha value is -1.36. The van der Waals surface area contributed by atoms with Gasteiger partial charge < -0.3 is 10.4 Å². The van der Waals surface area contributed by atoms with Gasteiger partial charge in [-0.05, 0) is 52.9 Å². The first kappa shape index (κ1) is 14.1. The van der Waals surface area contributed by atoms with E-state index in [1.54, 1.807) is 6.07 Å². The first-order valence-electron chi connectivity index (χ1n) is 6.32. The maximum Gasteiger partial charge on any atom is 0.335 e. The maximum atomic E-state index is 12.1. The van der Waals surface area contributed by atoms with E-state index >= 15 is 0 Å². The van der Waals surface area contributed by atoms with Gasteiger partial charge in [-0.3, -0.25) is 4.79 Å². The van der Waals surface area contributed by atoms with E-state index in [0.29, 0.717) is 16.1 Å². The van der Waals surface area contributed by atoms with E-state index in [1.807, 2.05) is 0 Å². The predicted molar refractivity (Wildman–Crippen MR) is 76.2 cm³/mol. The Morgan fingerprint density at radius 2 is 2.11 bits per heavy atom. The first-order chi connectivity index (χ1) is 8.99. The van der Waals surface area contributed by atoms with Crippen molar-refractivity contribution in [2.45, 2.75) is 26.2 Å². The average molecular weight is 326 g/mol. The second-order valence-corrected chi connectivity index (χ2v) is 5.86. The lowest BCUT2D eigenvalue weighted by Gasteiger charge is -2.16. The molecule has 1 fully saturated rings. The quantitative estimate of drug-likeness (QED) is 0.893. The summed E-state index contributed by atoms with van der Waals surface area (Å²) in [4.78, 5) is 23.0. The van der Waals surface area contributed by atoms with Crippen LogP contribution in [0.5, 0.6) is 0 Å². The van der Waals surface area contributed by atoms with Gasteiger partial charge in [-0.2, -0.15) is 0 Å². The molecular formula is C14H16BrNO3. The average Bonchev–Trinajstić information content (AvgIpc) is 2.77. The minimum Gasteiger partial charge on any atom is -0.478 e. The number of hydrogen-bond acceptors (Lipinski definition) is 2. The van der Waals surface area contributed by atoms with Crippen LogP contribution in [0.15, 0.2) is 22.7 Å². The molecule has 0 saturated heterocycles. The molecule has 2 unspecified atom stereocenters. The fourth-order valence-corrected chi connectivity index (χ4v) is 2.99. The predicted octanol–water partition coefficient (Wildman–Crippen LogP) is 3.52. The Morgan fingerprint density at radius 3 is 2.63 bits per heavy atom. The molecule has 0 radical (unpaired) electrons. The third-order valence-electron chi connectivity index (χ3n) is 3.67. The van der Waals surface area contributed by atoms with Gasteiger partial charge in [-0.15, -0.1) is 0 Å². The number of halogens is 1. The molecule has 1 aromatic rings. The number of carboxylic acid groups (broad SMARTS) is 1. The minimum absolute atomic E-state index is 0.0220. The van der Waals surface area contributed by atoms with Crippen LogP contribution in [0.3, 0.4) is 0 Å². The highest BCUT2D eigenvalue weighted by atomic mass is 79.9. The fourth-order valence-electron chi connectivity index (χ4n) is 2.51. The number of rotatable bonds is 3. The molecule has 1 saturated carbocycles. The number of carbonyl (C=O) groups excluding carboxylic acids is 1. The van der Waals surface area contributed by atoms with Crippen LogP contribution in [0.2, 0.25) is 0 Å². The zero-order valence-corrected chi connectivity index (χ0v) is 12.2. The number of hydrogen-bond donors (Lipinski definition) is 2. The monoisotopic (exact) mass is 325 g/mol. The SMILES string of the molecule is CC1CCCC1C(=O)Nc1ccc(C(=O)O)cc1Br. The van der Waals surface area contributed by atoms with E-state index in [4.69, 9.17) is 5.11 Å². The number of benzene rings is 1. The van der Waals surface area contributed by atoms with Gasteiger partial charge in [-0.25, -0.2) is 4.79 Å². The Kier molecular flexibility index (Phi) is 4.24. The number of nitrogens with one attached hydrogen (secondary N) is 1. The lowest BCUT2D eigenvalue weighted by Crippen LogP contribution is -2.24. The zero-order chi connectivity index (χ0) is 14.0. The van der Waals surface area contributed by atoms with Gasteiger partial charge >= 0.3 is 5.97 Å². The number of aromatic carboxylic acids is 1. The Bertz CT molecular complexity index is 515. The van der Waals surface area contributed by atoms with Crippen molar-refractivity contribution in [2.24, 2.45) is 11.8 Å². The number of amides is 1. The highest BCUT2D eigenvalue weighted by Gasteiger charge is 2.29. The molecule has 0 spiro atoms. The molecule has 1 aromatic carbocycles. The third kappa shape index (κ3) is 3.15. The normalized spacial score (nSPS) is 22.2. The van der Waals surface area contributed by atoms with E-state index in [2.05, 4.69) is 28.2 Å². The third-order valence-corrected chi connectivity index (χ3v) is 4.33. The van der Waals surface area contributed by atoms with Gasteiger partial charge in [0, 0.05) is 10.4 Å². The van der Waals surface area contributed by atoms with Crippen molar-refractivity contribution in [3.8, 4) is 0 Å². The Morgan fingerprint density at radius 1 is 1.37 bits per heavy atom. The number of anilines is 1. The van der Waals surface area contributed by atoms with Crippen molar-refractivity contribution >= 4 is 33.5 Å². The van der Waals surface area contributed by atoms with Gasteiger partial charge in [0.25, 0.3) is 0 Å². The van der Waals surface area contributed by atoms with Crippen molar-refractivity contribution in [3.05, 3.63) is 28.2 Å². The number of carbonyl (C=O) groups is 2. The van der Waals surface area contributed by atoms with Gasteiger partial charge in [0.1, 0.15) is 0 Å². The lowest BCUT2D eigenvalue weighted by molar-refractivity contribution is -0.120. The van der Waals surface area contributed by atoms with Crippen LogP contribution in [0.1, 0.15) is 36.5 Å². The van der Waals surface area contributed by atoms with Crippen LogP contribution < -0.4 is 5.32 Å². The molecule has 0 aromatic heterocycles. The Labute approximate surface area is 120 Å². The molecule has 1 aliphatic rings. The lowest BCUT2D eigenvalue weighted by atomic mass is 9.97.